The molecule has 0 unspecified atom stereocenters. The van der Waals surface area contributed by atoms with E-state index in [0.29, 0.717) is 16.4 Å². The van der Waals surface area contributed by atoms with E-state index in [2.05, 4.69) is 5.32 Å². The fourth-order valence-electron chi connectivity index (χ4n) is 1.99. The van der Waals surface area contributed by atoms with E-state index in [9.17, 15) is 14.4 Å². The molecule has 2 aromatic rings. The van der Waals surface area contributed by atoms with Gasteiger partial charge in [0.1, 0.15) is 6.61 Å². The Morgan fingerprint density at radius 3 is 2.36 bits per heavy atom. The summed E-state index contributed by atoms with van der Waals surface area (Å²) in [7, 11) is 2.86. The Hall–Kier alpha value is -2.87. The van der Waals surface area contributed by atoms with Crippen molar-refractivity contribution < 1.29 is 28.6 Å². The topological polar surface area (TPSA) is 90.9 Å². The zero-order valence-electron chi connectivity index (χ0n) is 14.0. The molecule has 1 amide bonds. The van der Waals surface area contributed by atoms with Gasteiger partial charge in [-0.1, -0.05) is 6.07 Å². The maximum Gasteiger partial charge on any atom is 0.340 e. The van der Waals surface area contributed by atoms with Crippen LogP contribution >= 0.6 is 11.3 Å². The number of amides is 1. The maximum absolute atomic E-state index is 12.3. The average molecular weight is 363 g/mol. The average Bonchev–Trinajstić information content (AvgIpc) is 3.13. The number of anilines is 1. The zero-order chi connectivity index (χ0) is 18.4. The number of methoxy groups -OCH3 is 2. The molecule has 0 aliphatic heterocycles. The molecule has 0 aliphatic rings. The van der Waals surface area contributed by atoms with Gasteiger partial charge < -0.3 is 19.5 Å². The Bertz CT molecular complexity index is 785. The second-order valence-corrected chi connectivity index (χ2v) is 5.91. The normalized spacial score (nSPS) is 10.0. The molecule has 25 heavy (non-hydrogen) atoms. The number of rotatable bonds is 7. The summed E-state index contributed by atoms with van der Waals surface area (Å²) < 4.78 is 15.3. The summed E-state index contributed by atoms with van der Waals surface area (Å²) in [6, 6.07) is 6.27. The molecule has 0 atom stereocenters. The summed E-state index contributed by atoms with van der Waals surface area (Å²) in [6.07, 6.45) is 0. The van der Waals surface area contributed by atoms with E-state index in [-0.39, 0.29) is 29.5 Å². The van der Waals surface area contributed by atoms with Gasteiger partial charge in [0.05, 0.1) is 30.3 Å². The molecule has 132 valence electrons. The number of ketones is 1. The summed E-state index contributed by atoms with van der Waals surface area (Å²) in [5, 5.41) is 4.43. The monoisotopic (exact) mass is 363 g/mol. The fourth-order valence-corrected chi connectivity index (χ4v) is 2.61. The summed E-state index contributed by atoms with van der Waals surface area (Å²) in [6.45, 7) is 0.951. The first-order valence-electron chi connectivity index (χ1n) is 7.23. The van der Waals surface area contributed by atoms with Crippen molar-refractivity contribution >= 4 is 34.7 Å². The molecule has 2 rings (SSSR count). The molecular formula is C17H17NO6S. The van der Waals surface area contributed by atoms with Crippen molar-refractivity contribution in [2.45, 2.75) is 6.92 Å². The molecule has 1 heterocycles. The molecule has 8 heteroatoms. The lowest BCUT2D eigenvalue weighted by molar-refractivity contribution is -0.120. The van der Waals surface area contributed by atoms with Gasteiger partial charge in [0.2, 0.25) is 0 Å². The quantitative estimate of drug-likeness (QED) is 0.761. The van der Waals surface area contributed by atoms with Gasteiger partial charge in [-0.25, -0.2) is 4.79 Å². The lowest BCUT2D eigenvalue weighted by atomic mass is 10.1. The molecule has 1 aromatic carbocycles. The lowest BCUT2D eigenvalue weighted by Gasteiger charge is -2.14. The Morgan fingerprint density at radius 2 is 1.80 bits per heavy atom. The number of ether oxygens (including phenoxy) is 3. The highest BCUT2D eigenvalue weighted by Crippen LogP contribution is 2.34. The predicted octanol–water partition coefficient (Wildman–Crippen LogP) is 2.76. The number of carbonyl (C=O) groups excluding carboxylic acids is 3. The molecular weight excluding hydrogens is 346 g/mol. The van der Waals surface area contributed by atoms with Crippen LogP contribution in [0, 0.1) is 0 Å². The van der Waals surface area contributed by atoms with Gasteiger partial charge in [-0.3, -0.25) is 9.59 Å². The highest BCUT2D eigenvalue weighted by atomic mass is 32.1. The third kappa shape index (κ3) is 4.57. The number of benzene rings is 1. The highest BCUT2D eigenvalue weighted by Gasteiger charge is 2.20. The third-order valence-electron chi connectivity index (χ3n) is 3.14. The van der Waals surface area contributed by atoms with Crippen molar-refractivity contribution in [1.29, 1.82) is 0 Å². The van der Waals surface area contributed by atoms with Crippen LogP contribution in [0.4, 0.5) is 5.69 Å². The summed E-state index contributed by atoms with van der Waals surface area (Å²) >= 11 is 1.27. The zero-order valence-corrected chi connectivity index (χ0v) is 14.8. The van der Waals surface area contributed by atoms with Crippen LogP contribution in [0.2, 0.25) is 0 Å². The standard InChI is InChI=1S/C17H17NO6S/c1-10(19)9-24-17(21)11-7-13(22-2)14(23-3)8-12(11)18-16(20)15-5-4-6-25-15/h4-8H,9H2,1-3H3,(H,18,20). The summed E-state index contributed by atoms with van der Waals surface area (Å²) in [4.78, 5) is 36.1. The van der Waals surface area contributed by atoms with Gasteiger partial charge in [0.25, 0.3) is 5.91 Å². The highest BCUT2D eigenvalue weighted by molar-refractivity contribution is 7.12. The Labute approximate surface area is 148 Å². The first-order valence-corrected chi connectivity index (χ1v) is 8.11. The van der Waals surface area contributed by atoms with Crippen molar-refractivity contribution in [1.82, 2.24) is 0 Å². The molecule has 0 saturated carbocycles. The van der Waals surface area contributed by atoms with Crippen molar-refractivity contribution in [3.63, 3.8) is 0 Å². The molecule has 0 aliphatic carbocycles. The van der Waals surface area contributed by atoms with Crippen molar-refractivity contribution in [3.05, 3.63) is 40.1 Å². The smallest absolute Gasteiger partial charge is 0.340 e. The number of hydrogen-bond donors (Lipinski definition) is 1. The molecule has 7 nitrogen and oxygen atoms in total. The van der Waals surface area contributed by atoms with E-state index in [1.165, 1.54) is 44.6 Å². The van der Waals surface area contributed by atoms with Crippen molar-refractivity contribution in [2.24, 2.45) is 0 Å². The first kappa shape index (κ1) is 18.5. The largest absolute Gasteiger partial charge is 0.493 e. The minimum atomic E-state index is -0.752. The number of hydrogen-bond acceptors (Lipinski definition) is 7. The van der Waals surface area contributed by atoms with Gasteiger partial charge in [-0.15, -0.1) is 11.3 Å². The van der Waals surface area contributed by atoms with Crippen LogP contribution in [0.25, 0.3) is 0 Å². The summed E-state index contributed by atoms with van der Waals surface area (Å²) in [5.74, 6) is -0.781. The SMILES string of the molecule is COc1cc(NC(=O)c2cccs2)c(C(=O)OCC(C)=O)cc1OC. The van der Waals surface area contributed by atoms with Gasteiger partial charge in [0.15, 0.2) is 17.3 Å². The molecule has 0 radical (unpaired) electrons. The second-order valence-electron chi connectivity index (χ2n) is 4.96. The van der Waals surface area contributed by atoms with Crippen LogP contribution in [0.15, 0.2) is 29.6 Å². The first-order chi connectivity index (χ1) is 12.0. The third-order valence-corrected chi connectivity index (χ3v) is 4.01. The van der Waals surface area contributed by atoms with E-state index < -0.39 is 5.97 Å². The summed E-state index contributed by atoms with van der Waals surface area (Å²) in [5.41, 5.74) is 0.258. The Kier molecular flexibility index (Phi) is 6.13. The van der Waals surface area contributed by atoms with Crippen molar-refractivity contribution in [3.8, 4) is 11.5 Å². The van der Waals surface area contributed by atoms with Crippen LogP contribution in [-0.4, -0.2) is 38.5 Å². The molecule has 0 saturated heterocycles. The molecule has 1 aromatic heterocycles. The van der Waals surface area contributed by atoms with E-state index in [1.54, 1.807) is 17.5 Å². The number of nitrogens with one attached hydrogen (secondary N) is 1. The number of Topliss-reactive ketones (excluding diaryl/α,β-unsaturated/α-hetero) is 1. The van der Waals surface area contributed by atoms with Crippen molar-refractivity contribution in [2.75, 3.05) is 26.1 Å². The Balaban J connectivity index is 2.38. The molecule has 0 spiro atoms. The minimum absolute atomic E-state index is 0.0591. The molecule has 0 bridgehead atoms. The maximum atomic E-state index is 12.3. The van der Waals surface area contributed by atoms with E-state index in [1.807, 2.05) is 0 Å². The second kappa shape index (κ2) is 8.29. The van der Waals surface area contributed by atoms with Crippen LogP contribution in [0.5, 0.6) is 11.5 Å². The predicted molar refractivity (Wildman–Crippen MR) is 92.8 cm³/mol. The number of carbonyl (C=O) groups is 3. The molecule has 0 fully saturated rings. The fraction of sp³-hybridized carbons (Fsp3) is 0.235. The minimum Gasteiger partial charge on any atom is -0.493 e. The van der Waals surface area contributed by atoms with Gasteiger partial charge >= 0.3 is 5.97 Å². The van der Waals surface area contributed by atoms with Crippen LogP contribution < -0.4 is 14.8 Å². The van der Waals surface area contributed by atoms with E-state index in [0.717, 1.165) is 0 Å². The van der Waals surface area contributed by atoms with Crippen LogP contribution in [0.3, 0.4) is 0 Å². The van der Waals surface area contributed by atoms with Gasteiger partial charge in [-0.05, 0) is 18.4 Å². The van der Waals surface area contributed by atoms with E-state index in [4.69, 9.17) is 14.2 Å². The van der Waals surface area contributed by atoms with E-state index >= 15 is 0 Å². The van der Waals surface area contributed by atoms with Gasteiger partial charge in [0, 0.05) is 12.1 Å². The lowest BCUT2D eigenvalue weighted by Crippen LogP contribution is -2.17. The van der Waals surface area contributed by atoms with Gasteiger partial charge in [-0.2, -0.15) is 0 Å². The Morgan fingerprint density at radius 1 is 1.12 bits per heavy atom. The number of thiophene rings is 1. The molecule has 1 N–H and O–H groups in total. The number of esters is 1. The van der Waals surface area contributed by atoms with Crippen LogP contribution in [-0.2, 0) is 9.53 Å². The van der Waals surface area contributed by atoms with Crippen LogP contribution in [0.1, 0.15) is 27.0 Å².